The molecule has 0 atom stereocenters. The van der Waals surface area contributed by atoms with Crippen molar-refractivity contribution in [3.05, 3.63) is 24.3 Å². The van der Waals surface area contributed by atoms with Crippen LogP contribution in [0.2, 0.25) is 0 Å². The lowest BCUT2D eigenvalue weighted by atomic mass is 9.75. The van der Waals surface area contributed by atoms with Crippen LogP contribution in [0.25, 0.3) is 0 Å². The zero-order valence-electron chi connectivity index (χ0n) is 12.1. The van der Waals surface area contributed by atoms with Gasteiger partial charge in [-0.1, -0.05) is 0 Å². The van der Waals surface area contributed by atoms with Crippen molar-refractivity contribution in [2.24, 2.45) is 5.73 Å². The maximum Gasteiger partial charge on any atom is 0.232 e. The number of nitrogens with two attached hydrogens (primary N) is 1. The van der Waals surface area contributed by atoms with E-state index in [2.05, 4.69) is 10.0 Å². The standard InChI is InChI=1S/C14H21N3O3S/c1-2-21(19,20)17-12-6-4-11(5-7-12)16-13(18)10-14(15)8-3-9-14/h4-7,17H,2-3,8-10,15H2,1H3,(H,16,18). The van der Waals surface area contributed by atoms with E-state index in [9.17, 15) is 13.2 Å². The highest BCUT2D eigenvalue weighted by molar-refractivity contribution is 7.92. The molecule has 1 amide bonds. The Hall–Kier alpha value is -1.60. The Bertz CT molecular complexity index is 607. The van der Waals surface area contributed by atoms with Gasteiger partial charge in [0.1, 0.15) is 0 Å². The molecule has 0 aliphatic heterocycles. The highest BCUT2D eigenvalue weighted by Crippen LogP contribution is 2.32. The van der Waals surface area contributed by atoms with E-state index in [4.69, 9.17) is 5.73 Å². The van der Waals surface area contributed by atoms with E-state index in [0.717, 1.165) is 19.3 Å². The zero-order chi connectivity index (χ0) is 15.5. The van der Waals surface area contributed by atoms with Crippen LogP contribution in [-0.2, 0) is 14.8 Å². The average Bonchev–Trinajstić information content (AvgIpc) is 2.39. The zero-order valence-corrected chi connectivity index (χ0v) is 12.9. The van der Waals surface area contributed by atoms with Gasteiger partial charge in [-0.3, -0.25) is 9.52 Å². The fourth-order valence-corrected chi connectivity index (χ4v) is 2.85. The first kappa shape index (κ1) is 15.8. The second-order valence-corrected chi connectivity index (χ2v) is 7.53. The molecule has 0 saturated heterocycles. The highest BCUT2D eigenvalue weighted by Gasteiger charge is 2.34. The molecule has 21 heavy (non-hydrogen) atoms. The summed E-state index contributed by atoms with van der Waals surface area (Å²) in [5.41, 5.74) is 6.79. The van der Waals surface area contributed by atoms with E-state index in [1.165, 1.54) is 0 Å². The van der Waals surface area contributed by atoms with Crippen LogP contribution < -0.4 is 15.8 Å². The van der Waals surface area contributed by atoms with E-state index in [-0.39, 0.29) is 17.2 Å². The molecule has 6 nitrogen and oxygen atoms in total. The normalized spacial score (nSPS) is 16.9. The topological polar surface area (TPSA) is 101 Å². The van der Waals surface area contributed by atoms with Gasteiger partial charge in [0.25, 0.3) is 0 Å². The first-order valence-electron chi connectivity index (χ1n) is 7.01. The summed E-state index contributed by atoms with van der Waals surface area (Å²) in [4.78, 5) is 11.9. The molecule has 1 aromatic carbocycles. The Morgan fingerprint density at radius 3 is 2.29 bits per heavy atom. The van der Waals surface area contributed by atoms with Crippen LogP contribution in [0.15, 0.2) is 24.3 Å². The summed E-state index contributed by atoms with van der Waals surface area (Å²) in [5, 5.41) is 2.77. The van der Waals surface area contributed by atoms with E-state index < -0.39 is 10.0 Å². The third kappa shape index (κ3) is 4.44. The smallest absolute Gasteiger partial charge is 0.232 e. The Morgan fingerprint density at radius 2 is 1.81 bits per heavy atom. The Kier molecular flexibility index (Phi) is 4.53. The predicted molar refractivity (Wildman–Crippen MR) is 83.5 cm³/mol. The monoisotopic (exact) mass is 311 g/mol. The summed E-state index contributed by atoms with van der Waals surface area (Å²) in [5.74, 6) is -0.0940. The molecule has 0 bridgehead atoms. The van der Waals surface area contributed by atoms with Gasteiger partial charge in [0, 0.05) is 23.3 Å². The molecule has 0 unspecified atom stereocenters. The molecule has 0 heterocycles. The summed E-state index contributed by atoms with van der Waals surface area (Å²) in [6.07, 6.45) is 3.17. The molecular formula is C14H21N3O3S. The number of rotatable bonds is 6. The van der Waals surface area contributed by atoms with Crippen molar-refractivity contribution in [1.29, 1.82) is 0 Å². The summed E-state index contributed by atoms with van der Waals surface area (Å²) >= 11 is 0. The predicted octanol–water partition coefficient (Wildman–Crippen LogP) is 1.66. The third-order valence-electron chi connectivity index (χ3n) is 3.68. The molecule has 0 aromatic heterocycles. The van der Waals surface area contributed by atoms with Crippen molar-refractivity contribution in [3.8, 4) is 0 Å². The molecule has 1 saturated carbocycles. The molecule has 2 rings (SSSR count). The Labute approximate surface area is 125 Å². The van der Waals surface area contributed by atoms with Crippen molar-refractivity contribution in [2.45, 2.75) is 38.1 Å². The Morgan fingerprint density at radius 1 is 1.24 bits per heavy atom. The van der Waals surface area contributed by atoms with E-state index in [0.29, 0.717) is 17.8 Å². The lowest BCUT2D eigenvalue weighted by Gasteiger charge is -2.37. The second-order valence-electron chi connectivity index (χ2n) is 5.52. The lowest BCUT2D eigenvalue weighted by molar-refractivity contribution is -0.118. The molecule has 116 valence electrons. The molecule has 1 aliphatic carbocycles. The fraction of sp³-hybridized carbons (Fsp3) is 0.500. The molecule has 1 fully saturated rings. The van der Waals surface area contributed by atoms with E-state index in [1.54, 1.807) is 31.2 Å². The number of carbonyl (C=O) groups excluding carboxylic acids is 1. The summed E-state index contributed by atoms with van der Waals surface area (Å²) in [6, 6.07) is 6.56. The fourth-order valence-electron chi connectivity index (χ4n) is 2.21. The summed E-state index contributed by atoms with van der Waals surface area (Å²) < 4.78 is 25.3. The third-order valence-corrected chi connectivity index (χ3v) is 4.99. The van der Waals surface area contributed by atoms with Gasteiger partial charge in [-0.2, -0.15) is 0 Å². The van der Waals surface area contributed by atoms with Gasteiger partial charge in [-0.25, -0.2) is 8.42 Å². The van der Waals surface area contributed by atoms with Crippen LogP contribution >= 0.6 is 0 Å². The van der Waals surface area contributed by atoms with Crippen LogP contribution in [0.1, 0.15) is 32.6 Å². The average molecular weight is 311 g/mol. The number of benzene rings is 1. The summed E-state index contributed by atoms with van der Waals surface area (Å²) in [7, 11) is -3.28. The maximum atomic E-state index is 11.9. The lowest BCUT2D eigenvalue weighted by Crippen LogP contribution is -2.48. The van der Waals surface area contributed by atoms with Crippen molar-refractivity contribution >= 4 is 27.3 Å². The van der Waals surface area contributed by atoms with Crippen LogP contribution in [-0.4, -0.2) is 25.6 Å². The largest absolute Gasteiger partial charge is 0.326 e. The SMILES string of the molecule is CCS(=O)(=O)Nc1ccc(NC(=O)CC2(N)CCC2)cc1. The van der Waals surface area contributed by atoms with Gasteiger partial charge in [-0.15, -0.1) is 0 Å². The van der Waals surface area contributed by atoms with Crippen LogP contribution in [0.3, 0.4) is 0 Å². The number of amides is 1. The van der Waals surface area contributed by atoms with Crippen molar-refractivity contribution in [2.75, 3.05) is 15.8 Å². The number of nitrogens with one attached hydrogen (secondary N) is 2. The number of hydrogen-bond acceptors (Lipinski definition) is 4. The van der Waals surface area contributed by atoms with E-state index >= 15 is 0 Å². The van der Waals surface area contributed by atoms with Crippen LogP contribution in [0, 0.1) is 0 Å². The van der Waals surface area contributed by atoms with Gasteiger partial charge >= 0.3 is 0 Å². The quantitative estimate of drug-likeness (QED) is 0.743. The van der Waals surface area contributed by atoms with Gasteiger partial charge in [-0.05, 0) is 50.5 Å². The van der Waals surface area contributed by atoms with Crippen molar-refractivity contribution < 1.29 is 13.2 Å². The summed E-state index contributed by atoms with van der Waals surface area (Å²) in [6.45, 7) is 1.57. The van der Waals surface area contributed by atoms with Crippen molar-refractivity contribution in [1.82, 2.24) is 0 Å². The Balaban J connectivity index is 1.91. The van der Waals surface area contributed by atoms with Crippen LogP contribution in [0.4, 0.5) is 11.4 Å². The van der Waals surface area contributed by atoms with Gasteiger partial charge in [0.05, 0.1) is 5.75 Å². The highest BCUT2D eigenvalue weighted by atomic mass is 32.2. The number of sulfonamides is 1. The van der Waals surface area contributed by atoms with Crippen molar-refractivity contribution in [3.63, 3.8) is 0 Å². The first-order chi connectivity index (χ1) is 9.82. The maximum absolute atomic E-state index is 11.9. The van der Waals surface area contributed by atoms with Gasteiger partial charge in [0.15, 0.2) is 0 Å². The molecule has 0 spiro atoms. The number of anilines is 2. The van der Waals surface area contributed by atoms with Gasteiger partial charge < -0.3 is 11.1 Å². The molecule has 1 aliphatic rings. The molecule has 1 aromatic rings. The minimum Gasteiger partial charge on any atom is -0.326 e. The van der Waals surface area contributed by atoms with E-state index in [1.807, 2.05) is 0 Å². The second kappa shape index (κ2) is 6.03. The number of carbonyl (C=O) groups is 1. The molecule has 4 N–H and O–H groups in total. The minimum atomic E-state index is -3.28. The molecular weight excluding hydrogens is 290 g/mol. The van der Waals surface area contributed by atoms with Crippen LogP contribution in [0.5, 0.6) is 0 Å². The van der Waals surface area contributed by atoms with Gasteiger partial charge in [0.2, 0.25) is 15.9 Å². The number of hydrogen-bond donors (Lipinski definition) is 3. The molecule has 7 heteroatoms. The minimum absolute atomic E-state index is 0.0179. The first-order valence-corrected chi connectivity index (χ1v) is 8.66. The molecule has 0 radical (unpaired) electrons.